The zero-order chi connectivity index (χ0) is 15.2. The Hall–Kier alpha value is -1.72. The number of halogens is 1. The first-order valence-electron chi connectivity index (χ1n) is 6.51. The summed E-state index contributed by atoms with van der Waals surface area (Å²) in [6.07, 6.45) is 0. The van der Waals surface area contributed by atoms with Gasteiger partial charge in [0.05, 0.1) is 23.6 Å². The fraction of sp³-hybridized carbons (Fsp3) is 0.250. The van der Waals surface area contributed by atoms with Crippen LogP contribution >= 0.6 is 15.9 Å². The van der Waals surface area contributed by atoms with Crippen LogP contribution in [0.15, 0.2) is 40.9 Å². The number of benzene rings is 1. The van der Waals surface area contributed by atoms with Crippen molar-refractivity contribution in [3.8, 4) is 11.3 Å². The largest absolute Gasteiger partial charge is 0.460 e. The van der Waals surface area contributed by atoms with Crippen LogP contribution in [0.3, 0.4) is 0 Å². The number of esters is 1. The summed E-state index contributed by atoms with van der Waals surface area (Å²) in [5.41, 5.74) is 2.94. The van der Waals surface area contributed by atoms with Gasteiger partial charge in [-0.3, -0.25) is 4.98 Å². The van der Waals surface area contributed by atoms with Crippen molar-refractivity contribution < 1.29 is 14.3 Å². The summed E-state index contributed by atoms with van der Waals surface area (Å²) >= 11 is 3.44. The van der Waals surface area contributed by atoms with Gasteiger partial charge in [-0.15, -0.1) is 0 Å². The summed E-state index contributed by atoms with van der Waals surface area (Å²) in [7, 11) is 1.56. The van der Waals surface area contributed by atoms with Crippen molar-refractivity contribution in [2.75, 3.05) is 20.3 Å². The minimum atomic E-state index is -0.377. The molecule has 0 spiro atoms. The molecule has 2 rings (SSSR count). The van der Waals surface area contributed by atoms with Crippen molar-refractivity contribution in [2.24, 2.45) is 0 Å². The third-order valence-electron chi connectivity index (χ3n) is 2.95. The SMILES string of the molecule is COCCOC(=O)c1ccc(-c2cccc(Br)c2)nc1C. The fourth-order valence-electron chi connectivity index (χ4n) is 1.88. The molecule has 110 valence electrons. The number of hydrogen-bond acceptors (Lipinski definition) is 4. The second-order valence-electron chi connectivity index (χ2n) is 4.47. The molecule has 0 radical (unpaired) electrons. The van der Waals surface area contributed by atoms with E-state index in [0.717, 1.165) is 15.7 Å². The van der Waals surface area contributed by atoms with E-state index < -0.39 is 0 Å². The van der Waals surface area contributed by atoms with E-state index in [-0.39, 0.29) is 12.6 Å². The van der Waals surface area contributed by atoms with Crippen molar-refractivity contribution in [3.63, 3.8) is 0 Å². The van der Waals surface area contributed by atoms with Crippen LogP contribution in [0.25, 0.3) is 11.3 Å². The number of hydrogen-bond donors (Lipinski definition) is 0. The number of nitrogens with zero attached hydrogens (tertiary/aromatic N) is 1. The van der Waals surface area contributed by atoms with Crippen LogP contribution in [0, 0.1) is 6.92 Å². The van der Waals surface area contributed by atoms with E-state index in [9.17, 15) is 4.79 Å². The Kier molecular flexibility index (Phi) is 5.47. The smallest absolute Gasteiger partial charge is 0.340 e. The maximum Gasteiger partial charge on any atom is 0.340 e. The molecule has 2 aromatic rings. The van der Waals surface area contributed by atoms with Crippen molar-refractivity contribution in [2.45, 2.75) is 6.92 Å². The molecule has 4 nitrogen and oxygen atoms in total. The molecule has 0 aliphatic carbocycles. The normalized spacial score (nSPS) is 10.4. The molecule has 1 aromatic heterocycles. The van der Waals surface area contributed by atoms with Crippen molar-refractivity contribution in [3.05, 3.63) is 52.1 Å². The Morgan fingerprint density at radius 1 is 1.24 bits per heavy atom. The van der Waals surface area contributed by atoms with Gasteiger partial charge in [0.25, 0.3) is 0 Å². The highest BCUT2D eigenvalue weighted by molar-refractivity contribution is 9.10. The second-order valence-corrected chi connectivity index (χ2v) is 5.38. The van der Waals surface area contributed by atoms with Crippen LogP contribution in [0.2, 0.25) is 0 Å². The van der Waals surface area contributed by atoms with E-state index in [1.165, 1.54) is 0 Å². The van der Waals surface area contributed by atoms with Gasteiger partial charge in [-0.2, -0.15) is 0 Å². The number of aryl methyl sites for hydroxylation is 1. The molecule has 0 unspecified atom stereocenters. The number of carbonyl (C=O) groups excluding carboxylic acids is 1. The number of aromatic nitrogens is 1. The van der Waals surface area contributed by atoms with Crippen molar-refractivity contribution >= 4 is 21.9 Å². The molecule has 0 aliphatic heterocycles. The fourth-order valence-corrected chi connectivity index (χ4v) is 2.28. The van der Waals surface area contributed by atoms with E-state index in [2.05, 4.69) is 20.9 Å². The lowest BCUT2D eigenvalue weighted by Crippen LogP contribution is -2.12. The Bertz CT molecular complexity index is 643. The lowest BCUT2D eigenvalue weighted by Gasteiger charge is -2.08. The Labute approximate surface area is 132 Å². The molecule has 0 bridgehead atoms. The van der Waals surface area contributed by atoms with Gasteiger partial charge in [0.2, 0.25) is 0 Å². The molecule has 0 fully saturated rings. The molecule has 0 atom stereocenters. The second kappa shape index (κ2) is 7.33. The molecule has 21 heavy (non-hydrogen) atoms. The van der Waals surface area contributed by atoms with Crippen molar-refractivity contribution in [1.29, 1.82) is 0 Å². The number of carbonyl (C=O) groups is 1. The van der Waals surface area contributed by atoms with Crippen LogP contribution in [-0.2, 0) is 9.47 Å². The van der Waals surface area contributed by atoms with E-state index >= 15 is 0 Å². The van der Waals surface area contributed by atoms with Gasteiger partial charge in [-0.25, -0.2) is 4.79 Å². The van der Waals surface area contributed by atoms with E-state index in [0.29, 0.717) is 17.9 Å². The van der Waals surface area contributed by atoms with Gasteiger partial charge in [-0.05, 0) is 31.2 Å². The molecule has 0 amide bonds. The number of methoxy groups -OCH3 is 1. The molecule has 1 heterocycles. The first-order valence-corrected chi connectivity index (χ1v) is 7.31. The summed E-state index contributed by atoms with van der Waals surface area (Å²) in [5.74, 6) is -0.377. The van der Waals surface area contributed by atoms with Crippen LogP contribution in [0.1, 0.15) is 16.1 Å². The highest BCUT2D eigenvalue weighted by Gasteiger charge is 2.12. The van der Waals surface area contributed by atoms with Gasteiger partial charge in [0, 0.05) is 17.1 Å². The molecule has 0 saturated heterocycles. The predicted octanol–water partition coefficient (Wildman–Crippen LogP) is 3.62. The molecule has 0 saturated carbocycles. The van der Waals surface area contributed by atoms with Gasteiger partial charge in [-0.1, -0.05) is 28.1 Å². The van der Waals surface area contributed by atoms with Crippen LogP contribution in [0.5, 0.6) is 0 Å². The zero-order valence-corrected chi connectivity index (χ0v) is 13.5. The molecule has 0 N–H and O–H groups in total. The van der Waals surface area contributed by atoms with Gasteiger partial charge < -0.3 is 9.47 Å². The molecule has 5 heteroatoms. The van der Waals surface area contributed by atoms with Crippen molar-refractivity contribution in [1.82, 2.24) is 4.98 Å². The van der Waals surface area contributed by atoms with Crippen LogP contribution in [0.4, 0.5) is 0 Å². The lowest BCUT2D eigenvalue weighted by molar-refractivity contribution is 0.0387. The number of pyridine rings is 1. The Balaban J connectivity index is 2.19. The summed E-state index contributed by atoms with van der Waals surface area (Å²) < 4.78 is 10.9. The number of rotatable bonds is 5. The summed E-state index contributed by atoms with van der Waals surface area (Å²) in [6.45, 7) is 2.42. The van der Waals surface area contributed by atoms with Gasteiger partial charge in [0.15, 0.2) is 0 Å². The minimum absolute atomic E-state index is 0.238. The molecule has 0 aliphatic rings. The van der Waals surface area contributed by atoms with Gasteiger partial charge >= 0.3 is 5.97 Å². The first kappa shape index (κ1) is 15.7. The number of ether oxygens (including phenoxy) is 2. The first-order chi connectivity index (χ1) is 10.1. The van der Waals surface area contributed by atoms with E-state index in [4.69, 9.17) is 9.47 Å². The third-order valence-corrected chi connectivity index (χ3v) is 3.44. The van der Waals surface area contributed by atoms with E-state index in [1.807, 2.05) is 30.3 Å². The van der Waals surface area contributed by atoms with Crippen LogP contribution in [-0.4, -0.2) is 31.3 Å². The summed E-state index contributed by atoms with van der Waals surface area (Å²) in [4.78, 5) is 16.4. The standard InChI is InChI=1S/C16H16BrNO3/c1-11-14(16(19)21-9-8-20-2)6-7-15(18-11)12-4-3-5-13(17)10-12/h3-7,10H,8-9H2,1-2H3. The summed E-state index contributed by atoms with van der Waals surface area (Å²) in [6, 6.07) is 11.4. The molecular weight excluding hydrogens is 334 g/mol. The monoisotopic (exact) mass is 349 g/mol. The zero-order valence-electron chi connectivity index (χ0n) is 11.9. The lowest BCUT2D eigenvalue weighted by atomic mass is 10.1. The predicted molar refractivity (Wildman–Crippen MR) is 84.3 cm³/mol. The Morgan fingerprint density at radius 3 is 2.71 bits per heavy atom. The van der Waals surface area contributed by atoms with Gasteiger partial charge in [0.1, 0.15) is 6.61 Å². The average Bonchev–Trinajstić information content (AvgIpc) is 2.47. The molecule has 1 aromatic carbocycles. The average molecular weight is 350 g/mol. The topological polar surface area (TPSA) is 48.4 Å². The third kappa shape index (κ3) is 4.12. The maximum atomic E-state index is 11.9. The Morgan fingerprint density at radius 2 is 2.05 bits per heavy atom. The molecular formula is C16H16BrNO3. The highest BCUT2D eigenvalue weighted by atomic mass is 79.9. The maximum absolute atomic E-state index is 11.9. The van der Waals surface area contributed by atoms with E-state index in [1.54, 1.807) is 20.1 Å². The quantitative estimate of drug-likeness (QED) is 0.610. The highest BCUT2D eigenvalue weighted by Crippen LogP contribution is 2.22. The minimum Gasteiger partial charge on any atom is -0.460 e. The van der Waals surface area contributed by atoms with Crippen LogP contribution < -0.4 is 0 Å². The summed E-state index contributed by atoms with van der Waals surface area (Å²) in [5, 5.41) is 0.